The molecule has 0 fully saturated rings. The minimum absolute atomic E-state index is 0.247. The number of aliphatic hydroxyl groups is 2. The van der Waals surface area contributed by atoms with Gasteiger partial charge < -0.3 is 10.2 Å². The SMILES string of the molecule is CCCCCCCCCCCCCCCCCCCCCCCC(O)NCCCCO. The fraction of sp³-hybridized carbons (Fsp3) is 1.00. The molecule has 0 aliphatic carbocycles. The number of rotatable bonds is 27. The van der Waals surface area contributed by atoms with E-state index in [9.17, 15) is 5.11 Å². The average Bonchev–Trinajstić information content (AvgIpc) is 2.77. The van der Waals surface area contributed by atoms with Gasteiger partial charge in [0.2, 0.25) is 0 Å². The third-order valence-corrected chi connectivity index (χ3v) is 6.55. The van der Waals surface area contributed by atoms with E-state index < -0.39 is 0 Å². The average molecular weight is 442 g/mol. The molecule has 0 saturated heterocycles. The van der Waals surface area contributed by atoms with E-state index in [2.05, 4.69) is 12.2 Å². The molecular formula is C28H59NO2. The highest BCUT2D eigenvalue weighted by atomic mass is 16.3. The zero-order valence-electron chi connectivity index (χ0n) is 21.4. The number of hydrogen-bond acceptors (Lipinski definition) is 3. The fourth-order valence-electron chi connectivity index (χ4n) is 4.38. The summed E-state index contributed by atoms with van der Waals surface area (Å²) in [6.07, 6.45) is 31.8. The molecule has 188 valence electrons. The van der Waals surface area contributed by atoms with Gasteiger partial charge in [0, 0.05) is 6.61 Å². The summed E-state index contributed by atoms with van der Waals surface area (Å²) in [6.45, 7) is 3.35. The van der Waals surface area contributed by atoms with E-state index in [0.717, 1.165) is 32.2 Å². The van der Waals surface area contributed by atoms with E-state index in [1.807, 2.05) is 0 Å². The minimum Gasteiger partial charge on any atom is -0.396 e. The van der Waals surface area contributed by atoms with Crippen molar-refractivity contribution in [2.75, 3.05) is 13.2 Å². The van der Waals surface area contributed by atoms with Crippen LogP contribution in [0.3, 0.4) is 0 Å². The first-order valence-electron chi connectivity index (χ1n) is 14.3. The molecule has 0 bridgehead atoms. The van der Waals surface area contributed by atoms with Gasteiger partial charge >= 0.3 is 0 Å². The molecular weight excluding hydrogens is 382 g/mol. The van der Waals surface area contributed by atoms with E-state index in [0.29, 0.717) is 0 Å². The highest BCUT2D eigenvalue weighted by Gasteiger charge is 2.02. The Morgan fingerprint density at radius 1 is 0.484 bits per heavy atom. The maximum Gasteiger partial charge on any atom is 0.104 e. The highest BCUT2D eigenvalue weighted by molar-refractivity contribution is 4.56. The lowest BCUT2D eigenvalue weighted by molar-refractivity contribution is 0.123. The monoisotopic (exact) mass is 441 g/mol. The predicted octanol–water partition coefficient (Wildman–Crippen LogP) is 8.27. The van der Waals surface area contributed by atoms with Crippen LogP contribution in [0.4, 0.5) is 0 Å². The van der Waals surface area contributed by atoms with E-state index in [-0.39, 0.29) is 12.8 Å². The third-order valence-electron chi connectivity index (χ3n) is 6.55. The third kappa shape index (κ3) is 27.8. The van der Waals surface area contributed by atoms with E-state index >= 15 is 0 Å². The van der Waals surface area contributed by atoms with Gasteiger partial charge in [0.15, 0.2) is 0 Å². The first-order valence-corrected chi connectivity index (χ1v) is 14.3. The Morgan fingerprint density at radius 2 is 0.839 bits per heavy atom. The van der Waals surface area contributed by atoms with Crippen LogP contribution in [-0.4, -0.2) is 29.6 Å². The summed E-state index contributed by atoms with van der Waals surface area (Å²) in [5, 5.41) is 21.7. The summed E-state index contributed by atoms with van der Waals surface area (Å²) in [5.41, 5.74) is 0. The highest BCUT2D eigenvalue weighted by Crippen LogP contribution is 2.15. The lowest BCUT2D eigenvalue weighted by Crippen LogP contribution is -2.29. The second-order valence-electron chi connectivity index (χ2n) is 9.76. The predicted molar refractivity (Wildman–Crippen MR) is 138 cm³/mol. The van der Waals surface area contributed by atoms with Crippen LogP contribution in [0.25, 0.3) is 0 Å². The molecule has 1 atom stereocenters. The van der Waals surface area contributed by atoms with Gasteiger partial charge in [-0.25, -0.2) is 0 Å². The molecule has 0 aliphatic rings. The van der Waals surface area contributed by atoms with Crippen molar-refractivity contribution in [3.8, 4) is 0 Å². The molecule has 0 amide bonds. The van der Waals surface area contributed by atoms with Gasteiger partial charge in [-0.3, -0.25) is 5.32 Å². The molecule has 0 aromatic heterocycles. The first-order chi connectivity index (χ1) is 15.3. The Hall–Kier alpha value is -0.120. The van der Waals surface area contributed by atoms with Crippen molar-refractivity contribution < 1.29 is 10.2 Å². The molecule has 0 aromatic rings. The Morgan fingerprint density at radius 3 is 1.19 bits per heavy atom. The van der Waals surface area contributed by atoms with Crippen LogP contribution >= 0.6 is 0 Å². The van der Waals surface area contributed by atoms with Crippen LogP contribution in [0.2, 0.25) is 0 Å². The standard InChI is InChI=1S/C28H59NO2/c1-2-3-4-5-6-7-8-9-10-11-12-13-14-15-16-17-18-19-20-21-22-25-28(31)29-26-23-24-27-30/h28-31H,2-27H2,1H3. The Kier molecular flexibility index (Phi) is 27.8. The number of nitrogens with one attached hydrogen (secondary N) is 1. The summed E-state index contributed by atoms with van der Waals surface area (Å²) < 4.78 is 0. The van der Waals surface area contributed by atoms with Crippen LogP contribution < -0.4 is 5.32 Å². The Bertz CT molecular complexity index is 311. The van der Waals surface area contributed by atoms with Crippen molar-refractivity contribution >= 4 is 0 Å². The van der Waals surface area contributed by atoms with E-state index in [1.54, 1.807) is 0 Å². The molecule has 31 heavy (non-hydrogen) atoms. The van der Waals surface area contributed by atoms with Crippen molar-refractivity contribution in [2.45, 2.75) is 167 Å². The second kappa shape index (κ2) is 27.9. The van der Waals surface area contributed by atoms with Gasteiger partial charge in [-0.05, 0) is 32.2 Å². The van der Waals surface area contributed by atoms with Gasteiger partial charge in [0.05, 0.1) is 0 Å². The van der Waals surface area contributed by atoms with Gasteiger partial charge in [-0.1, -0.05) is 135 Å². The topological polar surface area (TPSA) is 52.5 Å². The number of aliphatic hydroxyl groups excluding tert-OH is 2. The maximum absolute atomic E-state index is 9.83. The summed E-state index contributed by atoms with van der Waals surface area (Å²) in [7, 11) is 0. The van der Waals surface area contributed by atoms with Crippen LogP contribution in [0.15, 0.2) is 0 Å². The van der Waals surface area contributed by atoms with Crippen LogP contribution in [0.5, 0.6) is 0 Å². The smallest absolute Gasteiger partial charge is 0.104 e. The molecule has 3 N–H and O–H groups in total. The molecule has 0 aliphatic heterocycles. The van der Waals surface area contributed by atoms with Crippen LogP contribution in [-0.2, 0) is 0 Å². The lowest BCUT2D eigenvalue weighted by Gasteiger charge is -2.12. The number of unbranched alkanes of at least 4 members (excludes halogenated alkanes) is 21. The second-order valence-corrected chi connectivity index (χ2v) is 9.76. The molecule has 0 saturated carbocycles. The normalized spacial score (nSPS) is 12.5. The Balaban J connectivity index is 3.06. The molecule has 1 unspecified atom stereocenters. The summed E-state index contributed by atoms with van der Waals surface area (Å²) in [6, 6.07) is 0. The zero-order valence-corrected chi connectivity index (χ0v) is 21.4. The van der Waals surface area contributed by atoms with Gasteiger partial charge in [-0.15, -0.1) is 0 Å². The molecule has 0 heterocycles. The van der Waals surface area contributed by atoms with E-state index in [1.165, 1.54) is 128 Å². The molecule has 3 heteroatoms. The molecule has 0 spiro atoms. The number of hydrogen-bond donors (Lipinski definition) is 3. The lowest BCUT2D eigenvalue weighted by atomic mass is 10.0. The minimum atomic E-state index is -0.362. The van der Waals surface area contributed by atoms with Crippen molar-refractivity contribution in [2.24, 2.45) is 0 Å². The van der Waals surface area contributed by atoms with E-state index in [4.69, 9.17) is 5.11 Å². The van der Waals surface area contributed by atoms with Gasteiger partial charge in [0.1, 0.15) is 6.23 Å². The summed E-state index contributed by atoms with van der Waals surface area (Å²) in [5.74, 6) is 0. The molecule has 0 radical (unpaired) electrons. The largest absolute Gasteiger partial charge is 0.396 e. The van der Waals surface area contributed by atoms with Crippen molar-refractivity contribution in [3.63, 3.8) is 0 Å². The van der Waals surface area contributed by atoms with Crippen LogP contribution in [0.1, 0.15) is 161 Å². The van der Waals surface area contributed by atoms with Crippen molar-refractivity contribution in [3.05, 3.63) is 0 Å². The Labute approximate surface area is 196 Å². The zero-order chi connectivity index (χ0) is 22.7. The van der Waals surface area contributed by atoms with Crippen molar-refractivity contribution in [1.82, 2.24) is 5.32 Å². The first kappa shape index (κ1) is 30.9. The molecule has 3 nitrogen and oxygen atoms in total. The fourth-order valence-corrected chi connectivity index (χ4v) is 4.38. The molecule has 0 aromatic carbocycles. The van der Waals surface area contributed by atoms with Gasteiger partial charge in [0.25, 0.3) is 0 Å². The molecule has 0 rings (SSSR count). The van der Waals surface area contributed by atoms with Gasteiger partial charge in [-0.2, -0.15) is 0 Å². The quantitative estimate of drug-likeness (QED) is 0.0887. The summed E-state index contributed by atoms with van der Waals surface area (Å²) in [4.78, 5) is 0. The summed E-state index contributed by atoms with van der Waals surface area (Å²) >= 11 is 0. The maximum atomic E-state index is 9.83. The van der Waals surface area contributed by atoms with Crippen LogP contribution in [0, 0.1) is 0 Å². The van der Waals surface area contributed by atoms with Crippen molar-refractivity contribution in [1.29, 1.82) is 0 Å².